The van der Waals surface area contributed by atoms with Gasteiger partial charge in [0, 0.05) is 11.5 Å². The van der Waals surface area contributed by atoms with Gasteiger partial charge in [-0.1, -0.05) is 13.0 Å². The first-order valence-electron chi connectivity index (χ1n) is 12.2. The summed E-state index contributed by atoms with van der Waals surface area (Å²) in [5, 5.41) is 9.00. The molecule has 0 aromatic heterocycles. The molecule has 188 valence electrons. The lowest BCUT2D eigenvalue weighted by Crippen LogP contribution is -2.48. The number of thioether (sulfide) groups is 1. The van der Waals surface area contributed by atoms with Gasteiger partial charge in [0.15, 0.2) is 0 Å². The highest BCUT2D eigenvalue weighted by Gasteiger charge is 2.52. The van der Waals surface area contributed by atoms with E-state index in [1.807, 2.05) is 0 Å². The minimum absolute atomic E-state index is 0.0947. The number of halogens is 2. The Kier molecular flexibility index (Phi) is 6.49. The van der Waals surface area contributed by atoms with Crippen LogP contribution < -0.4 is 0 Å². The summed E-state index contributed by atoms with van der Waals surface area (Å²) in [6, 6.07) is 7.87. The van der Waals surface area contributed by atoms with Gasteiger partial charge in [0.2, 0.25) is 9.84 Å². The topological polar surface area (TPSA) is 71.4 Å². The number of hydrogen-bond donors (Lipinski definition) is 1. The van der Waals surface area contributed by atoms with Crippen molar-refractivity contribution < 1.29 is 27.1 Å². The average molecular weight is 521 g/mol. The zero-order valence-corrected chi connectivity index (χ0v) is 21.3. The van der Waals surface area contributed by atoms with Crippen LogP contribution in [0.15, 0.2) is 46.2 Å². The molecule has 2 aromatic rings. The molecule has 2 aromatic carbocycles. The number of sulfone groups is 1. The lowest BCUT2D eigenvalue weighted by molar-refractivity contribution is -0.140. The van der Waals surface area contributed by atoms with Crippen molar-refractivity contribution in [3.8, 4) is 0 Å². The summed E-state index contributed by atoms with van der Waals surface area (Å²) < 4.78 is 56.4. The fourth-order valence-corrected chi connectivity index (χ4v) is 9.29. The molecule has 1 unspecified atom stereocenters. The van der Waals surface area contributed by atoms with Gasteiger partial charge in [0.25, 0.3) is 0 Å². The van der Waals surface area contributed by atoms with Crippen molar-refractivity contribution in [2.75, 3.05) is 5.75 Å². The van der Waals surface area contributed by atoms with Crippen LogP contribution in [-0.4, -0.2) is 25.2 Å². The van der Waals surface area contributed by atoms with Crippen molar-refractivity contribution in [2.24, 2.45) is 23.7 Å². The van der Waals surface area contributed by atoms with Gasteiger partial charge >= 0.3 is 5.97 Å². The molecule has 4 aliphatic rings. The molecule has 1 atom stereocenters. The molecule has 0 heterocycles. The third-order valence-corrected chi connectivity index (χ3v) is 11.2. The van der Waals surface area contributed by atoms with Crippen molar-refractivity contribution in [3.05, 3.63) is 59.2 Å². The molecule has 1 N–H and O–H groups in total. The standard InChI is InChI=1S/C27H30F2O4S2/c1-16(26(30)31)14-34-15-20-9-21(3-5-24(20)28)35(32,33)22-2-4-23(25(29)10-22)27-11-17-6-18(12-27)8-19(7-17)13-27/h2-5,9-10,16-19H,6-8,11-15H2,1H3,(H,30,31). The smallest absolute Gasteiger partial charge is 0.307 e. The Morgan fingerprint density at radius 1 is 1.00 bits per heavy atom. The number of carboxylic acid groups (broad SMARTS) is 1. The second-order valence-electron chi connectivity index (χ2n) is 10.9. The maximum atomic E-state index is 15.5. The highest BCUT2D eigenvalue weighted by Crippen LogP contribution is 2.61. The van der Waals surface area contributed by atoms with E-state index in [9.17, 15) is 17.6 Å². The lowest BCUT2D eigenvalue weighted by atomic mass is 9.48. The number of benzene rings is 2. The molecule has 0 radical (unpaired) electrons. The zero-order valence-electron chi connectivity index (χ0n) is 19.7. The highest BCUT2D eigenvalue weighted by molar-refractivity contribution is 7.98. The number of aliphatic carboxylic acids is 1. The van der Waals surface area contributed by atoms with E-state index in [4.69, 9.17) is 5.11 Å². The van der Waals surface area contributed by atoms with Crippen molar-refractivity contribution in [1.29, 1.82) is 0 Å². The second kappa shape index (κ2) is 9.18. The van der Waals surface area contributed by atoms with Crippen LogP contribution in [0.4, 0.5) is 8.78 Å². The van der Waals surface area contributed by atoms with Crippen molar-refractivity contribution >= 4 is 27.6 Å². The summed E-state index contributed by atoms with van der Waals surface area (Å²) >= 11 is 1.23. The van der Waals surface area contributed by atoms with E-state index in [0.717, 1.165) is 31.4 Å². The molecule has 4 fully saturated rings. The van der Waals surface area contributed by atoms with Crippen LogP contribution >= 0.6 is 11.8 Å². The molecule has 0 spiro atoms. The lowest BCUT2D eigenvalue weighted by Gasteiger charge is -2.57. The van der Waals surface area contributed by atoms with E-state index >= 15 is 4.39 Å². The fourth-order valence-electron chi connectivity index (χ4n) is 6.92. The summed E-state index contributed by atoms with van der Waals surface area (Å²) in [7, 11) is -4.04. The minimum atomic E-state index is -4.04. The maximum absolute atomic E-state index is 15.5. The van der Waals surface area contributed by atoms with Crippen LogP contribution in [0, 0.1) is 35.3 Å². The van der Waals surface area contributed by atoms with Crippen LogP contribution in [0.1, 0.15) is 56.6 Å². The van der Waals surface area contributed by atoms with E-state index in [1.165, 1.54) is 49.2 Å². The summed E-state index contributed by atoms with van der Waals surface area (Å²) in [6.45, 7) is 1.56. The Labute approximate surface area is 209 Å². The van der Waals surface area contributed by atoms with E-state index < -0.39 is 33.4 Å². The molecule has 35 heavy (non-hydrogen) atoms. The highest BCUT2D eigenvalue weighted by atomic mass is 32.2. The Morgan fingerprint density at radius 2 is 1.57 bits per heavy atom. The van der Waals surface area contributed by atoms with Crippen molar-refractivity contribution in [3.63, 3.8) is 0 Å². The van der Waals surface area contributed by atoms with E-state index in [1.54, 1.807) is 13.0 Å². The molecular weight excluding hydrogens is 490 g/mol. The minimum Gasteiger partial charge on any atom is -0.481 e. The number of hydrogen-bond acceptors (Lipinski definition) is 4. The van der Waals surface area contributed by atoms with Gasteiger partial charge in [-0.15, -0.1) is 0 Å². The van der Waals surface area contributed by atoms with Gasteiger partial charge in [0.1, 0.15) is 11.6 Å². The van der Waals surface area contributed by atoms with Crippen molar-refractivity contribution in [1.82, 2.24) is 0 Å². The predicted molar refractivity (Wildman–Crippen MR) is 131 cm³/mol. The molecule has 0 aliphatic heterocycles. The Morgan fingerprint density at radius 3 is 2.14 bits per heavy atom. The van der Waals surface area contributed by atoms with Crippen LogP contribution in [0.5, 0.6) is 0 Å². The molecule has 8 heteroatoms. The summed E-state index contributed by atoms with van der Waals surface area (Å²) in [5.74, 6) is -0.168. The van der Waals surface area contributed by atoms with E-state index in [0.29, 0.717) is 23.3 Å². The Balaban J connectivity index is 1.38. The zero-order chi connectivity index (χ0) is 25.0. The number of carbonyl (C=O) groups is 1. The van der Waals surface area contributed by atoms with Crippen molar-refractivity contribution in [2.45, 2.75) is 66.4 Å². The Hall–Kier alpha value is -1.93. The van der Waals surface area contributed by atoms with Crippen LogP contribution in [0.2, 0.25) is 0 Å². The van der Waals surface area contributed by atoms with E-state index in [-0.39, 0.29) is 32.3 Å². The molecular formula is C27H30F2O4S2. The summed E-state index contributed by atoms with van der Waals surface area (Å²) in [4.78, 5) is 10.8. The van der Waals surface area contributed by atoms with Gasteiger partial charge in [0.05, 0.1) is 15.7 Å². The van der Waals surface area contributed by atoms with Gasteiger partial charge < -0.3 is 5.11 Å². The van der Waals surface area contributed by atoms with Gasteiger partial charge in [-0.2, -0.15) is 11.8 Å². The summed E-state index contributed by atoms with van der Waals surface area (Å²) in [5.41, 5.74) is 0.660. The van der Waals surface area contributed by atoms with Gasteiger partial charge in [-0.3, -0.25) is 4.79 Å². The molecule has 6 rings (SSSR count). The average Bonchev–Trinajstić information content (AvgIpc) is 2.78. The van der Waals surface area contributed by atoms with E-state index in [2.05, 4.69) is 0 Å². The third-order valence-electron chi connectivity index (χ3n) is 8.23. The van der Waals surface area contributed by atoms with Gasteiger partial charge in [-0.25, -0.2) is 17.2 Å². The number of rotatable bonds is 8. The van der Waals surface area contributed by atoms with Crippen LogP contribution in [0.25, 0.3) is 0 Å². The quantitative estimate of drug-likeness (QED) is 0.419. The SMILES string of the molecule is CC(CSCc1cc(S(=O)(=O)c2ccc(C34CC5CC(CC(C5)C3)C4)c(F)c2)ccc1F)C(=O)O. The maximum Gasteiger partial charge on any atom is 0.307 e. The molecule has 0 saturated heterocycles. The third kappa shape index (κ3) is 4.64. The monoisotopic (exact) mass is 520 g/mol. The number of carboxylic acids is 1. The largest absolute Gasteiger partial charge is 0.481 e. The predicted octanol–water partition coefficient (Wildman–Crippen LogP) is 6.22. The molecule has 4 bridgehead atoms. The van der Waals surface area contributed by atoms with Crippen LogP contribution in [-0.2, 0) is 25.8 Å². The molecule has 4 nitrogen and oxygen atoms in total. The first-order valence-corrected chi connectivity index (χ1v) is 14.9. The Bertz CT molecular complexity index is 1220. The molecule has 4 saturated carbocycles. The van der Waals surface area contributed by atoms with Crippen LogP contribution in [0.3, 0.4) is 0 Å². The first-order chi connectivity index (χ1) is 16.6. The second-order valence-corrected chi connectivity index (χ2v) is 13.8. The van der Waals surface area contributed by atoms with Gasteiger partial charge in [-0.05, 0) is 103 Å². The summed E-state index contributed by atoms with van der Waals surface area (Å²) in [6.07, 6.45) is 6.69. The fraction of sp³-hybridized carbons (Fsp3) is 0.519. The normalized spacial score (nSPS) is 28.3. The molecule has 0 amide bonds. The first kappa shape index (κ1) is 24.8. The molecule has 4 aliphatic carbocycles.